The largest absolute Gasteiger partial charge is 0.287 e. The molecule has 0 bridgehead atoms. The summed E-state index contributed by atoms with van der Waals surface area (Å²) in [5, 5.41) is 0.202. The molecule has 5 aromatic rings. The number of halogens is 1. The van der Waals surface area contributed by atoms with E-state index in [9.17, 15) is 9.59 Å². The molecule has 0 aliphatic heterocycles. The van der Waals surface area contributed by atoms with Gasteiger partial charge in [-0.1, -0.05) is 35.9 Å². The Labute approximate surface area is 223 Å². The number of carbonyl (C=O) groups is 2. The summed E-state index contributed by atoms with van der Waals surface area (Å²) in [4.78, 5) is 42.1. The monoisotopic (exact) mass is 524 g/mol. The molecular weight excluding hydrogens is 504 g/mol. The van der Waals surface area contributed by atoms with Gasteiger partial charge in [-0.3, -0.25) is 24.5 Å². The predicted molar refractivity (Wildman–Crippen MR) is 146 cm³/mol. The minimum Gasteiger partial charge on any atom is -0.287 e. The standard InChI is InChI=1S/C18H14N2OS.C11H7ClN2O/c1-22-14-9-7-13(8-10-14)17-15(5-4-12-20-17)18(21)16-6-2-3-11-19-16;12-11-8(4-3-7-14-11)10(15)9-5-1-2-6-13-9/h2-12H,1H3;1-7H. The van der Waals surface area contributed by atoms with Gasteiger partial charge in [-0.15, -0.1) is 11.8 Å². The quantitative estimate of drug-likeness (QED) is 0.143. The summed E-state index contributed by atoms with van der Waals surface area (Å²) in [5.74, 6) is -0.327. The Bertz CT molecular complexity index is 1500. The van der Waals surface area contributed by atoms with Crippen LogP contribution in [0.1, 0.15) is 32.1 Å². The molecule has 4 aromatic heterocycles. The highest BCUT2D eigenvalue weighted by Gasteiger charge is 2.16. The third-order valence-electron chi connectivity index (χ3n) is 5.21. The fourth-order valence-electron chi connectivity index (χ4n) is 3.39. The number of pyridine rings is 4. The first-order chi connectivity index (χ1) is 18.1. The molecule has 6 nitrogen and oxygen atoms in total. The normalized spacial score (nSPS) is 10.2. The van der Waals surface area contributed by atoms with Gasteiger partial charge in [-0.2, -0.15) is 0 Å². The van der Waals surface area contributed by atoms with Crippen LogP contribution in [0.2, 0.25) is 5.15 Å². The van der Waals surface area contributed by atoms with Gasteiger partial charge in [0.2, 0.25) is 11.6 Å². The van der Waals surface area contributed by atoms with Crippen LogP contribution in [-0.4, -0.2) is 37.8 Å². The first-order valence-corrected chi connectivity index (χ1v) is 12.8. The van der Waals surface area contributed by atoms with Crippen LogP contribution in [0.15, 0.2) is 115 Å². The van der Waals surface area contributed by atoms with Crippen LogP contribution >= 0.6 is 23.4 Å². The molecule has 4 heterocycles. The fourth-order valence-corrected chi connectivity index (χ4v) is 4.01. The highest BCUT2D eigenvalue weighted by molar-refractivity contribution is 7.98. The Morgan fingerprint density at radius 3 is 1.70 bits per heavy atom. The van der Waals surface area contributed by atoms with Crippen molar-refractivity contribution < 1.29 is 9.59 Å². The van der Waals surface area contributed by atoms with E-state index in [2.05, 4.69) is 19.9 Å². The van der Waals surface area contributed by atoms with Gasteiger partial charge in [-0.25, -0.2) is 4.98 Å². The summed E-state index contributed by atoms with van der Waals surface area (Å²) in [6, 6.07) is 25.4. The van der Waals surface area contributed by atoms with E-state index in [0.717, 1.165) is 5.56 Å². The van der Waals surface area contributed by atoms with Gasteiger partial charge >= 0.3 is 0 Å². The number of nitrogens with zero attached hydrogens (tertiary/aromatic N) is 4. The lowest BCUT2D eigenvalue weighted by atomic mass is 10.0. The van der Waals surface area contributed by atoms with Gasteiger partial charge in [0.05, 0.1) is 16.8 Å². The van der Waals surface area contributed by atoms with Crippen molar-refractivity contribution >= 4 is 34.9 Å². The molecule has 0 atom stereocenters. The molecule has 37 heavy (non-hydrogen) atoms. The Balaban J connectivity index is 0.000000186. The maximum Gasteiger partial charge on any atom is 0.214 e. The number of aromatic nitrogens is 4. The second kappa shape index (κ2) is 12.7. The summed E-state index contributed by atoms with van der Waals surface area (Å²) in [6.07, 6.45) is 8.46. The molecule has 0 saturated carbocycles. The van der Waals surface area contributed by atoms with E-state index < -0.39 is 0 Å². The molecule has 0 unspecified atom stereocenters. The molecule has 0 saturated heterocycles. The molecule has 1 aromatic carbocycles. The highest BCUT2D eigenvalue weighted by atomic mass is 35.5. The topological polar surface area (TPSA) is 85.7 Å². The summed E-state index contributed by atoms with van der Waals surface area (Å²) in [6.45, 7) is 0. The summed E-state index contributed by atoms with van der Waals surface area (Å²) in [7, 11) is 0. The van der Waals surface area contributed by atoms with E-state index in [1.165, 1.54) is 11.1 Å². The van der Waals surface area contributed by atoms with E-state index in [1.807, 2.05) is 36.6 Å². The number of benzene rings is 1. The van der Waals surface area contributed by atoms with Crippen LogP contribution in [0.3, 0.4) is 0 Å². The fraction of sp³-hybridized carbons (Fsp3) is 0.0345. The van der Waals surface area contributed by atoms with Gasteiger partial charge in [0.1, 0.15) is 16.5 Å². The third kappa shape index (κ3) is 6.52. The minimum absolute atomic E-state index is 0.113. The van der Waals surface area contributed by atoms with Crippen molar-refractivity contribution in [3.63, 3.8) is 0 Å². The number of hydrogen-bond acceptors (Lipinski definition) is 7. The number of rotatable bonds is 6. The molecular formula is C29H21ClN4O2S. The molecule has 0 spiro atoms. The zero-order valence-electron chi connectivity index (χ0n) is 19.8. The van der Waals surface area contributed by atoms with Crippen molar-refractivity contribution in [1.82, 2.24) is 19.9 Å². The number of thioether (sulfide) groups is 1. The van der Waals surface area contributed by atoms with E-state index in [0.29, 0.717) is 28.2 Å². The van der Waals surface area contributed by atoms with Crippen LogP contribution < -0.4 is 0 Å². The second-order valence-corrected chi connectivity index (χ2v) is 8.80. The summed E-state index contributed by atoms with van der Waals surface area (Å²) < 4.78 is 0. The molecule has 182 valence electrons. The number of hydrogen-bond donors (Lipinski definition) is 0. The summed E-state index contributed by atoms with van der Waals surface area (Å²) >= 11 is 7.49. The molecule has 0 aliphatic rings. The van der Waals surface area contributed by atoms with Crippen molar-refractivity contribution in [2.24, 2.45) is 0 Å². The molecule has 0 fully saturated rings. The Hall–Kier alpha value is -4.20. The van der Waals surface area contributed by atoms with Gasteiger partial charge in [0.15, 0.2) is 0 Å². The van der Waals surface area contributed by atoms with Crippen LogP contribution in [0, 0.1) is 0 Å². The van der Waals surface area contributed by atoms with Crippen LogP contribution in [0.25, 0.3) is 11.3 Å². The molecule has 5 rings (SSSR count). The smallest absolute Gasteiger partial charge is 0.214 e. The molecule has 0 aliphatic carbocycles. The molecule has 0 radical (unpaired) electrons. The second-order valence-electron chi connectivity index (χ2n) is 7.56. The Morgan fingerprint density at radius 2 is 1.16 bits per heavy atom. The van der Waals surface area contributed by atoms with Crippen molar-refractivity contribution in [3.8, 4) is 11.3 Å². The van der Waals surface area contributed by atoms with E-state index >= 15 is 0 Å². The van der Waals surface area contributed by atoms with Crippen LogP contribution in [0.4, 0.5) is 0 Å². The Kier molecular flexibility index (Phi) is 8.86. The van der Waals surface area contributed by atoms with Gasteiger partial charge in [0, 0.05) is 35.2 Å². The minimum atomic E-state index is -0.214. The van der Waals surface area contributed by atoms with Crippen LogP contribution in [-0.2, 0) is 0 Å². The van der Waals surface area contributed by atoms with Crippen LogP contribution in [0.5, 0.6) is 0 Å². The summed E-state index contributed by atoms with van der Waals surface area (Å²) in [5.41, 5.74) is 3.35. The SMILES string of the molecule is CSc1ccc(-c2ncccc2C(=O)c2ccccn2)cc1.O=C(c1ccccn1)c1cccnc1Cl. The lowest BCUT2D eigenvalue weighted by Gasteiger charge is -2.08. The zero-order chi connectivity index (χ0) is 26.0. The molecule has 8 heteroatoms. The van der Waals surface area contributed by atoms with Crippen molar-refractivity contribution in [2.75, 3.05) is 6.26 Å². The van der Waals surface area contributed by atoms with Crippen molar-refractivity contribution in [3.05, 3.63) is 137 Å². The van der Waals surface area contributed by atoms with E-state index in [1.54, 1.807) is 84.9 Å². The number of ketones is 2. The average Bonchev–Trinajstić information content (AvgIpc) is 2.98. The average molecular weight is 525 g/mol. The maximum absolute atomic E-state index is 12.7. The zero-order valence-corrected chi connectivity index (χ0v) is 21.4. The van der Waals surface area contributed by atoms with Gasteiger partial charge in [-0.05, 0) is 66.9 Å². The van der Waals surface area contributed by atoms with Gasteiger partial charge < -0.3 is 0 Å². The van der Waals surface area contributed by atoms with E-state index in [-0.39, 0.29) is 16.7 Å². The van der Waals surface area contributed by atoms with E-state index in [4.69, 9.17) is 11.6 Å². The highest BCUT2D eigenvalue weighted by Crippen LogP contribution is 2.25. The maximum atomic E-state index is 12.7. The molecule has 0 N–H and O–H groups in total. The van der Waals surface area contributed by atoms with Gasteiger partial charge in [0.25, 0.3) is 0 Å². The number of carbonyl (C=O) groups excluding carboxylic acids is 2. The Morgan fingerprint density at radius 1 is 0.622 bits per heavy atom. The molecule has 0 amide bonds. The third-order valence-corrected chi connectivity index (χ3v) is 6.26. The lowest BCUT2D eigenvalue weighted by Crippen LogP contribution is -2.06. The lowest BCUT2D eigenvalue weighted by molar-refractivity contribution is 0.102. The van der Waals surface area contributed by atoms with Crippen molar-refractivity contribution in [1.29, 1.82) is 0 Å². The van der Waals surface area contributed by atoms with Crippen molar-refractivity contribution in [2.45, 2.75) is 4.90 Å². The predicted octanol–water partition coefficient (Wildman–Crippen LogP) is 6.46. The first-order valence-electron chi connectivity index (χ1n) is 11.2. The first kappa shape index (κ1) is 25.9.